The number of amides is 1. The quantitative estimate of drug-likeness (QED) is 0.702. The van der Waals surface area contributed by atoms with Crippen molar-refractivity contribution in [2.24, 2.45) is 0 Å². The molecule has 2 heterocycles. The molecule has 0 atom stereocenters. The van der Waals surface area contributed by atoms with Crippen LogP contribution in [0, 0.1) is 0 Å². The number of hydrogen-bond acceptors (Lipinski definition) is 6. The standard InChI is InChI=1S/C20H24N4O5/c25-17-9-12-24(20(28)22-17)13-19(27)29-14-18(26)21-15-5-7-16(8-6-15)23-10-3-1-2-4-11-23/h5-9,12H,1-4,10-11,13-14H2,(H,21,26)(H,22,25,28). The van der Waals surface area contributed by atoms with E-state index in [2.05, 4.69) is 10.2 Å². The van der Waals surface area contributed by atoms with E-state index >= 15 is 0 Å². The SMILES string of the molecule is O=C(COC(=O)Cn1ccc(=O)[nH]c1=O)Nc1ccc(N2CCCCCC2)cc1. The highest BCUT2D eigenvalue weighted by molar-refractivity contribution is 5.92. The molecule has 1 fully saturated rings. The topological polar surface area (TPSA) is 113 Å². The zero-order valence-corrected chi connectivity index (χ0v) is 16.1. The summed E-state index contributed by atoms with van der Waals surface area (Å²) < 4.78 is 5.88. The number of nitrogens with zero attached hydrogens (tertiary/aromatic N) is 2. The minimum atomic E-state index is -0.759. The fourth-order valence-corrected chi connectivity index (χ4v) is 3.18. The lowest BCUT2D eigenvalue weighted by Crippen LogP contribution is -2.32. The summed E-state index contributed by atoms with van der Waals surface area (Å²) in [4.78, 5) is 50.7. The van der Waals surface area contributed by atoms with Crippen LogP contribution in [0.2, 0.25) is 0 Å². The number of hydrogen-bond donors (Lipinski definition) is 2. The molecule has 0 bridgehead atoms. The van der Waals surface area contributed by atoms with E-state index in [-0.39, 0.29) is 0 Å². The first-order valence-electron chi connectivity index (χ1n) is 9.61. The van der Waals surface area contributed by atoms with Gasteiger partial charge in [-0.25, -0.2) is 4.79 Å². The van der Waals surface area contributed by atoms with E-state index in [0.717, 1.165) is 29.4 Å². The number of rotatable bonds is 6. The number of esters is 1. The van der Waals surface area contributed by atoms with E-state index in [4.69, 9.17) is 4.74 Å². The van der Waals surface area contributed by atoms with Gasteiger partial charge in [-0.2, -0.15) is 0 Å². The molecule has 2 N–H and O–H groups in total. The molecule has 1 saturated heterocycles. The summed E-state index contributed by atoms with van der Waals surface area (Å²) in [6, 6.07) is 8.70. The summed E-state index contributed by atoms with van der Waals surface area (Å²) in [5, 5.41) is 2.67. The Bertz CT molecular complexity index is 956. The van der Waals surface area contributed by atoms with Gasteiger partial charge in [0, 0.05) is 36.7 Å². The summed E-state index contributed by atoms with van der Waals surface area (Å²) in [6.45, 7) is 1.22. The van der Waals surface area contributed by atoms with E-state index in [9.17, 15) is 19.2 Å². The summed E-state index contributed by atoms with van der Waals surface area (Å²) in [6.07, 6.45) is 6.10. The number of nitrogens with one attached hydrogen (secondary N) is 2. The van der Waals surface area contributed by atoms with Crippen LogP contribution < -0.4 is 21.5 Å². The summed E-state index contributed by atoms with van der Waals surface area (Å²) >= 11 is 0. The number of carbonyl (C=O) groups is 2. The third-order valence-corrected chi connectivity index (χ3v) is 4.68. The number of aromatic nitrogens is 2. The molecule has 1 amide bonds. The van der Waals surface area contributed by atoms with Crippen LogP contribution in [0.25, 0.3) is 0 Å². The van der Waals surface area contributed by atoms with Crippen molar-refractivity contribution in [1.82, 2.24) is 9.55 Å². The van der Waals surface area contributed by atoms with Crippen LogP contribution in [0.15, 0.2) is 46.1 Å². The van der Waals surface area contributed by atoms with Crippen LogP contribution in [-0.2, 0) is 20.9 Å². The average Bonchev–Trinajstić information content (AvgIpc) is 2.99. The van der Waals surface area contributed by atoms with Gasteiger partial charge < -0.3 is 15.0 Å². The maximum absolute atomic E-state index is 12.0. The molecule has 0 spiro atoms. The molecule has 1 aromatic heterocycles. The average molecular weight is 400 g/mol. The molecular weight excluding hydrogens is 376 g/mol. The predicted octanol–water partition coefficient (Wildman–Crippen LogP) is 1.10. The Balaban J connectivity index is 1.46. The predicted molar refractivity (Wildman–Crippen MR) is 108 cm³/mol. The molecule has 9 heteroatoms. The van der Waals surface area contributed by atoms with E-state index in [0.29, 0.717) is 5.69 Å². The molecule has 3 rings (SSSR count). The first-order valence-corrected chi connectivity index (χ1v) is 9.61. The number of aromatic amines is 1. The van der Waals surface area contributed by atoms with Crippen molar-refractivity contribution in [2.75, 3.05) is 29.9 Å². The van der Waals surface area contributed by atoms with Crippen LogP contribution in [0.4, 0.5) is 11.4 Å². The maximum Gasteiger partial charge on any atom is 0.328 e. The number of H-pyrrole nitrogens is 1. The second-order valence-corrected chi connectivity index (χ2v) is 6.90. The molecule has 29 heavy (non-hydrogen) atoms. The van der Waals surface area contributed by atoms with Crippen molar-refractivity contribution in [3.63, 3.8) is 0 Å². The Hall–Kier alpha value is -3.36. The van der Waals surface area contributed by atoms with Gasteiger partial charge in [-0.3, -0.25) is 23.9 Å². The molecule has 9 nitrogen and oxygen atoms in total. The Labute approximate surface area is 167 Å². The Morgan fingerprint density at radius 1 is 1.00 bits per heavy atom. The minimum Gasteiger partial charge on any atom is -0.454 e. The summed E-state index contributed by atoms with van der Waals surface area (Å²) in [7, 11) is 0. The van der Waals surface area contributed by atoms with Gasteiger partial charge in [-0.1, -0.05) is 12.8 Å². The molecule has 2 aromatic rings. The van der Waals surface area contributed by atoms with E-state index < -0.39 is 36.3 Å². The van der Waals surface area contributed by atoms with Crippen molar-refractivity contribution in [1.29, 1.82) is 0 Å². The zero-order chi connectivity index (χ0) is 20.6. The highest BCUT2D eigenvalue weighted by atomic mass is 16.5. The van der Waals surface area contributed by atoms with Crippen LogP contribution >= 0.6 is 0 Å². The zero-order valence-electron chi connectivity index (χ0n) is 16.1. The van der Waals surface area contributed by atoms with Gasteiger partial charge in [-0.05, 0) is 37.1 Å². The molecule has 1 aliphatic heterocycles. The third-order valence-electron chi connectivity index (χ3n) is 4.68. The Morgan fingerprint density at radius 3 is 2.34 bits per heavy atom. The lowest BCUT2D eigenvalue weighted by Gasteiger charge is -2.22. The van der Waals surface area contributed by atoms with Gasteiger partial charge >= 0.3 is 11.7 Å². The molecule has 1 aromatic carbocycles. The van der Waals surface area contributed by atoms with Crippen molar-refractivity contribution in [3.8, 4) is 0 Å². The van der Waals surface area contributed by atoms with Gasteiger partial charge in [0.05, 0.1) is 0 Å². The molecule has 0 saturated carbocycles. The monoisotopic (exact) mass is 400 g/mol. The number of anilines is 2. The van der Waals surface area contributed by atoms with Crippen LogP contribution in [0.3, 0.4) is 0 Å². The molecule has 0 unspecified atom stereocenters. The van der Waals surface area contributed by atoms with Crippen molar-refractivity contribution < 1.29 is 14.3 Å². The van der Waals surface area contributed by atoms with Crippen molar-refractivity contribution in [2.45, 2.75) is 32.2 Å². The third kappa shape index (κ3) is 6.06. The number of ether oxygens (including phenoxy) is 1. The van der Waals surface area contributed by atoms with Gasteiger partial charge in [0.2, 0.25) is 0 Å². The van der Waals surface area contributed by atoms with Gasteiger partial charge in [-0.15, -0.1) is 0 Å². The second-order valence-electron chi connectivity index (χ2n) is 6.90. The minimum absolute atomic E-state index is 0.395. The van der Waals surface area contributed by atoms with Crippen LogP contribution in [-0.4, -0.2) is 41.1 Å². The van der Waals surface area contributed by atoms with Crippen LogP contribution in [0.5, 0.6) is 0 Å². The number of carbonyl (C=O) groups excluding carboxylic acids is 2. The number of benzene rings is 1. The van der Waals surface area contributed by atoms with Crippen LogP contribution in [0.1, 0.15) is 25.7 Å². The molecule has 154 valence electrons. The molecule has 1 aliphatic rings. The summed E-state index contributed by atoms with van der Waals surface area (Å²) in [5.41, 5.74) is 0.466. The maximum atomic E-state index is 12.0. The van der Waals surface area contributed by atoms with E-state index in [1.165, 1.54) is 31.9 Å². The van der Waals surface area contributed by atoms with Crippen molar-refractivity contribution in [3.05, 3.63) is 57.4 Å². The second kappa shape index (κ2) is 9.72. The normalized spacial score (nSPS) is 14.1. The Morgan fingerprint density at radius 2 is 1.69 bits per heavy atom. The molecule has 0 aliphatic carbocycles. The first kappa shape index (κ1) is 20.4. The highest BCUT2D eigenvalue weighted by Gasteiger charge is 2.12. The largest absolute Gasteiger partial charge is 0.454 e. The van der Waals surface area contributed by atoms with E-state index in [1.807, 2.05) is 29.2 Å². The van der Waals surface area contributed by atoms with E-state index in [1.54, 1.807) is 0 Å². The molecule has 0 radical (unpaired) electrons. The highest BCUT2D eigenvalue weighted by Crippen LogP contribution is 2.21. The smallest absolute Gasteiger partial charge is 0.328 e. The lowest BCUT2D eigenvalue weighted by atomic mass is 10.2. The first-order chi connectivity index (χ1) is 14.0. The van der Waals surface area contributed by atoms with Crippen molar-refractivity contribution >= 4 is 23.3 Å². The Kier molecular flexibility index (Phi) is 6.83. The fourth-order valence-electron chi connectivity index (χ4n) is 3.18. The van der Waals surface area contributed by atoms with Gasteiger partial charge in [0.15, 0.2) is 6.61 Å². The fraction of sp³-hybridized carbons (Fsp3) is 0.400. The lowest BCUT2D eigenvalue weighted by molar-refractivity contribution is -0.148. The van der Waals surface area contributed by atoms with Gasteiger partial charge in [0.25, 0.3) is 11.5 Å². The molecular formula is C20H24N4O5. The summed E-state index contributed by atoms with van der Waals surface area (Å²) in [5.74, 6) is -1.24. The van der Waals surface area contributed by atoms with Gasteiger partial charge in [0.1, 0.15) is 6.54 Å².